The van der Waals surface area contributed by atoms with Gasteiger partial charge in [0.25, 0.3) is 0 Å². The second-order valence-electron chi connectivity index (χ2n) is 9.83. The zero-order valence-electron chi connectivity index (χ0n) is 22.9. The van der Waals surface area contributed by atoms with E-state index >= 15 is 0 Å². The van der Waals surface area contributed by atoms with E-state index < -0.39 is 11.9 Å². The largest absolute Gasteiger partial charge is 0.497 e. The molecule has 1 N–H and O–H groups in total. The molecular formula is C33H33NO6. The van der Waals surface area contributed by atoms with Gasteiger partial charge in [0.15, 0.2) is 5.78 Å². The molecule has 0 radical (unpaired) electrons. The van der Waals surface area contributed by atoms with Crippen molar-refractivity contribution >= 4 is 11.8 Å². The summed E-state index contributed by atoms with van der Waals surface area (Å²) in [5.74, 6) is 0.737. The van der Waals surface area contributed by atoms with Crippen LogP contribution in [0.1, 0.15) is 42.7 Å². The number of hydrogen-bond acceptors (Lipinski definition) is 7. The fourth-order valence-corrected chi connectivity index (χ4v) is 5.53. The monoisotopic (exact) mass is 539 g/mol. The Bertz CT molecular complexity index is 1440. The van der Waals surface area contributed by atoms with Crippen molar-refractivity contribution in [3.8, 4) is 17.2 Å². The summed E-state index contributed by atoms with van der Waals surface area (Å²) >= 11 is 0. The first-order valence-electron chi connectivity index (χ1n) is 13.4. The third-order valence-electron chi connectivity index (χ3n) is 7.40. The van der Waals surface area contributed by atoms with Crippen LogP contribution in [-0.4, -0.2) is 39.2 Å². The molecule has 206 valence electrons. The molecule has 0 bridgehead atoms. The fraction of sp³-hybridized carbons (Fsp3) is 0.273. The van der Waals surface area contributed by atoms with Crippen LogP contribution in [0.3, 0.4) is 0 Å². The molecule has 5 rings (SSSR count). The number of carbonyl (C=O) groups is 2. The Morgan fingerprint density at radius 3 is 2.30 bits per heavy atom. The SMILES string of the molecule is COc1ccc(C2C(C(=O)OCCOc3ccccc3)=C(C)NC3=C2C(=O)CC(c2ccccc2)C3)c(OC)c1. The molecule has 40 heavy (non-hydrogen) atoms. The smallest absolute Gasteiger partial charge is 0.336 e. The summed E-state index contributed by atoms with van der Waals surface area (Å²) in [6.45, 7) is 2.12. The fourth-order valence-electron chi connectivity index (χ4n) is 5.53. The Morgan fingerprint density at radius 1 is 0.875 bits per heavy atom. The van der Waals surface area contributed by atoms with E-state index in [-0.39, 0.29) is 24.9 Å². The zero-order valence-corrected chi connectivity index (χ0v) is 22.9. The number of methoxy groups -OCH3 is 2. The molecule has 0 saturated carbocycles. The van der Waals surface area contributed by atoms with Crippen molar-refractivity contribution < 1.29 is 28.5 Å². The number of nitrogens with one attached hydrogen (secondary N) is 1. The van der Waals surface area contributed by atoms with Crippen LogP contribution in [0.15, 0.2) is 101 Å². The molecule has 0 amide bonds. The molecule has 1 heterocycles. The minimum absolute atomic E-state index is 0.00400. The third-order valence-corrected chi connectivity index (χ3v) is 7.40. The lowest BCUT2D eigenvalue weighted by Gasteiger charge is -2.37. The number of dihydropyridines is 1. The van der Waals surface area contributed by atoms with E-state index in [1.54, 1.807) is 20.3 Å². The summed E-state index contributed by atoms with van der Waals surface area (Å²) in [5.41, 5.74) is 4.26. The highest BCUT2D eigenvalue weighted by Gasteiger charge is 2.42. The number of benzene rings is 3. The summed E-state index contributed by atoms with van der Waals surface area (Å²) in [6, 6.07) is 24.8. The van der Waals surface area contributed by atoms with Gasteiger partial charge in [-0.3, -0.25) is 4.79 Å². The molecule has 0 aromatic heterocycles. The molecule has 0 fully saturated rings. The molecule has 2 unspecified atom stereocenters. The molecule has 0 spiro atoms. The van der Waals surface area contributed by atoms with Crippen molar-refractivity contribution in [2.75, 3.05) is 27.4 Å². The van der Waals surface area contributed by atoms with Gasteiger partial charge in [0.05, 0.1) is 25.7 Å². The van der Waals surface area contributed by atoms with Gasteiger partial charge in [-0.2, -0.15) is 0 Å². The van der Waals surface area contributed by atoms with Crippen LogP contribution < -0.4 is 19.5 Å². The highest BCUT2D eigenvalue weighted by Crippen LogP contribution is 2.48. The highest BCUT2D eigenvalue weighted by molar-refractivity contribution is 6.04. The second kappa shape index (κ2) is 12.1. The van der Waals surface area contributed by atoms with Crippen molar-refractivity contribution in [1.82, 2.24) is 5.32 Å². The van der Waals surface area contributed by atoms with Crippen LogP contribution in [0.4, 0.5) is 0 Å². The van der Waals surface area contributed by atoms with Crippen molar-refractivity contribution in [1.29, 1.82) is 0 Å². The van der Waals surface area contributed by atoms with Gasteiger partial charge in [0, 0.05) is 35.0 Å². The van der Waals surface area contributed by atoms with Crippen LogP contribution in [0.2, 0.25) is 0 Å². The summed E-state index contributed by atoms with van der Waals surface area (Å²) < 4.78 is 22.5. The number of Topliss-reactive ketones (excluding diaryl/α,β-unsaturated/α-hetero) is 1. The topological polar surface area (TPSA) is 83.1 Å². The Hall–Kier alpha value is -4.52. The number of rotatable bonds is 9. The molecule has 0 saturated heterocycles. The maximum absolute atomic E-state index is 13.9. The van der Waals surface area contributed by atoms with Crippen molar-refractivity contribution in [3.63, 3.8) is 0 Å². The van der Waals surface area contributed by atoms with Crippen molar-refractivity contribution in [2.45, 2.75) is 31.6 Å². The van der Waals surface area contributed by atoms with Gasteiger partial charge >= 0.3 is 5.97 Å². The number of ether oxygens (including phenoxy) is 4. The lowest BCUT2D eigenvalue weighted by Crippen LogP contribution is -2.36. The summed E-state index contributed by atoms with van der Waals surface area (Å²) in [5, 5.41) is 3.40. The average Bonchev–Trinajstić information content (AvgIpc) is 2.99. The van der Waals surface area contributed by atoms with Crippen LogP contribution in [0.25, 0.3) is 0 Å². The molecule has 1 aliphatic carbocycles. The quantitative estimate of drug-likeness (QED) is 0.276. The first-order chi connectivity index (χ1) is 19.5. The van der Waals surface area contributed by atoms with E-state index in [1.165, 1.54) is 0 Å². The van der Waals surface area contributed by atoms with E-state index in [2.05, 4.69) is 17.4 Å². The number of ketones is 1. The van der Waals surface area contributed by atoms with Gasteiger partial charge in [-0.15, -0.1) is 0 Å². The van der Waals surface area contributed by atoms with E-state index in [0.717, 1.165) is 11.3 Å². The first kappa shape index (κ1) is 27.1. The lowest BCUT2D eigenvalue weighted by atomic mass is 9.71. The second-order valence-corrected chi connectivity index (χ2v) is 9.83. The van der Waals surface area contributed by atoms with Gasteiger partial charge in [-0.1, -0.05) is 54.6 Å². The van der Waals surface area contributed by atoms with Crippen LogP contribution in [0.5, 0.6) is 17.2 Å². The molecular weight excluding hydrogens is 506 g/mol. The average molecular weight is 540 g/mol. The summed E-state index contributed by atoms with van der Waals surface area (Å²) in [6.07, 6.45) is 1.01. The Kier molecular flexibility index (Phi) is 8.20. The maximum atomic E-state index is 13.9. The van der Waals surface area contributed by atoms with E-state index in [1.807, 2.05) is 67.6 Å². The Labute approximate surface area is 234 Å². The minimum atomic E-state index is -0.649. The molecule has 2 aliphatic rings. The standard InChI is InChI=1S/C33H33NO6/c1-21-30(33(36)40-17-16-39-24-12-8-5-9-13-24)31(26-15-14-25(37-2)20-29(26)38-3)32-27(34-21)18-23(19-28(32)35)22-10-6-4-7-11-22/h4-15,20,23,31,34H,16-19H2,1-3H3. The molecule has 1 aliphatic heterocycles. The van der Waals surface area contributed by atoms with Gasteiger partial charge < -0.3 is 24.3 Å². The van der Waals surface area contributed by atoms with Crippen molar-refractivity contribution in [2.24, 2.45) is 0 Å². The zero-order chi connectivity index (χ0) is 28.1. The van der Waals surface area contributed by atoms with Gasteiger partial charge in [0.1, 0.15) is 30.5 Å². The molecule has 7 heteroatoms. The molecule has 7 nitrogen and oxygen atoms in total. The van der Waals surface area contributed by atoms with Crippen LogP contribution in [-0.2, 0) is 14.3 Å². The van der Waals surface area contributed by atoms with E-state index in [0.29, 0.717) is 52.5 Å². The van der Waals surface area contributed by atoms with Gasteiger partial charge in [0.2, 0.25) is 0 Å². The normalized spacial score (nSPS) is 18.5. The van der Waals surface area contributed by atoms with E-state index in [4.69, 9.17) is 18.9 Å². The molecule has 3 aromatic rings. The maximum Gasteiger partial charge on any atom is 0.336 e. The Balaban J connectivity index is 1.47. The van der Waals surface area contributed by atoms with Gasteiger partial charge in [-0.25, -0.2) is 4.79 Å². The Morgan fingerprint density at radius 2 is 1.60 bits per heavy atom. The molecule has 3 aromatic carbocycles. The lowest BCUT2D eigenvalue weighted by molar-refractivity contribution is -0.140. The van der Waals surface area contributed by atoms with Gasteiger partial charge in [-0.05, 0) is 43.0 Å². The van der Waals surface area contributed by atoms with Crippen molar-refractivity contribution in [3.05, 3.63) is 113 Å². The number of allylic oxidation sites excluding steroid dienone is 3. The summed E-state index contributed by atoms with van der Waals surface area (Å²) in [4.78, 5) is 27.5. The van der Waals surface area contributed by atoms with Crippen LogP contribution in [0, 0.1) is 0 Å². The third kappa shape index (κ3) is 5.59. The highest BCUT2D eigenvalue weighted by atomic mass is 16.6. The number of hydrogen-bond donors (Lipinski definition) is 1. The van der Waals surface area contributed by atoms with E-state index in [9.17, 15) is 9.59 Å². The molecule has 2 atom stereocenters. The predicted molar refractivity (Wildman–Crippen MR) is 151 cm³/mol. The summed E-state index contributed by atoms with van der Waals surface area (Å²) in [7, 11) is 3.15. The first-order valence-corrected chi connectivity index (χ1v) is 13.4. The predicted octanol–water partition coefficient (Wildman–Crippen LogP) is 5.69. The van der Waals surface area contributed by atoms with Crippen LogP contribution >= 0.6 is 0 Å². The number of carbonyl (C=O) groups excluding carboxylic acids is 2. The number of esters is 1. The number of para-hydroxylation sites is 1. The minimum Gasteiger partial charge on any atom is -0.497 e.